The molecule has 0 rings (SSSR count). The zero-order valence-corrected chi connectivity index (χ0v) is 11.4. The smallest absolute Gasteiger partial charge is 0.206 e. The molecule has 0 heterocycles. The second kappa shape index (κ2) is 9.74. The summed E-state index contributed by atoms with van der Waals surface area (Å²) in [5.41, 5.74) is 2.57. The van der Waals surface area contributed by atoms with E-state index in [2.05, 4.69) is 28.9 Å². The molecule has 0 fully saturated rings. The summed E-state index contributed by atoms with van der Waals surface area (Å²) in [5.74, 6) is 7.67. The molecule has 0 aromatic carbocycles. The van der Waals surface area contributed by atoms with Gasteiger partial charge in [0.1, 0.15) is 0 Å². The molecule has 5 nitrogen and oxygen atoms in total. The number of hydrogen-bond acceptors (Lipinski definition) is 4. The largest absolute Gasteiger partial charge is 0.383 e. The summed E-state index contributed by atoms with van der Waals surface area (Å²) in [6, 6.07) is 0.190. The van der Waals surface area contributed by atoms with Gasteiger partial charge in [-0.05, 0) is 24.9 Å². The fraction of sp³-hybridized carbons (Fsp3) is 0.900. The topological polar surface area (TPSA) is 71.7 Å². The Morgan fingerprint density at radius 3 is 2.69 bits per heavy atom. The maximum Gasteiger partial charge on any atom is 0.206 e. The highest BCUT2D eigenvalue weighted by atomic mass is 32.2. The lowest BCUT2D eigenvalue weighted by atomic mass is 10.2. The van der Waals surface area contributed by atoms with Gasteiger partial charge in [0.25, 0.3) is 0 Å². The van der Waals surface area contributed by atoms with Crippen molar-refractivity contribution in [1.82, 2.24) is 10.7 Å². The van der Waals surface area contributed by atoms with Crippen LogP contribution < -0.4 is 16.6 Å². The molecule has 0 radical (unpaired) electrons. The minimum atomic E-state index is 0.190. The highest BCUT2D eigenvalue weighted by Gasteiger charge is 2.05. The number of ether oxygens (including phenoxy) is 1. The van der Waals surface area contributed by atoms with Crippen LogP contribution >= 0.6 is 11.8 Å². The molecule has 0 saturated carbocycles. The van der Waals surface area contributed by atoms with Crippen molar-refractivity contribution in [3.8, 4) is 0 Å². The second-order valence-electron chi connectivity index (χ2n) is 3.89. The Kier molecular flexibility index (Phi) is 9.46. The number of guanidine groups is 1. The van der Waals surface area contributed by atoms with Gasteiger partial charge in [-0.2, -0.15) is 11.8 Å². The van der Waals surface area contributed by atoms with Gasteiger partial charge in [0.15, 0.2) is 0 Å². The van der Waals surface area contributed by atoms with Crippen LogP contribution in [-0.2, 0) is 4.74 Å². The van der Waals surface area contributed by atoms with Gasteiger partial charge >= 0.3 is 0 Å². The van der Waals surface area contributed by atoms with E-state index in [1.54, 1.807) is 7.11 Å². The highest BCUT2D eigenvalue weighted by molar-refractivity contribution is 7.98. The molecule has 2 unspecified atom stereocenters. The van der Waals surface area contributed by atoms with Crippen molar-refractivity contribution >= 4 is 17.7 Å². The van der Waals surface area contributed by atoms with Crippen LogP contribution in [0.15, 0.2) is 4.99 Å². The molecule has 96 valence electrons. The molecular weight excluding hydrogens is 224 g/mol. The Hall–Kier alpha value is -0.460. The van der Waals surface area contributed by atoms with E-state index in [-0.39, 0.29) is 6.04 Å². The summed E-state index contributed by atoms with van der Waals surface area (Å²) in [6.45, 7) is 5.59. The first-order valence-electron chi connectivity index (χ1n) is 5.39. The molecule has 2 atom stereocenters. The summed E-state index contributed by atoms with van der Waals surface area (Å²) >= 11 is 1.83. The van der Waals surface area contributed by atoms with E-state index in [0.29, 0.717) is 18.5 Å². The van der Waals surface area contributed by atoms with Crippen LogP contribution in [0.1, 0.15) is 13.8 Å². The molecular formula is C10H24N4OS. The molecule has 0 aliphatic carbocycles. The lowest BCUT2D eigenvalue weighted by Crippen LogP contribution is -2.47. The van der Waals surface area contributed by atoms with Gasteiger partial charge in [0.2, 0.25) is 5.96 Å². The standard InChI is InChI=1S/C10H24N4OS/c1-8(7-16-4)5-12-10(14-11)13-9(2)6-15-3/h8-9H,5-7,11H2,1-4H3,(H2,12,13,14). The number of methoxy groups -OCH3 is 1. The zero-order valence-electron chi connectivity index (χ0n) is 10.6. The summed E-state index contributed by atoms with van der Waals surface area (Å²) in [5, 5.41) is 3.15. The number of hydrogen-bond donors (Lipinski definition) is 3. The van der Waals surface area contributed by atoms with Gasteiger partial charge in [-0.15, -0.1) is 0 Å². The predicted molar refractivity (Wildman–Crippen MR) is 71.6 cm³/mol. The van der Waals surface area contributed by atoms with Crippen LogP contribution in [0.4, 0.5) is 0 Å². The molecule has 0 aliphatic heterocycles. The van der Waals surface area contributed by atoms with Crippen molar-refractivity contribution in [3.05, 3.63) is 0 Å². The van der Waals surface area contributed by atoms with Gasteiger partial charge in [-0.1, -0.05) is 6.92 Å². The van der Waals surface area contributed by atoms with Crippen molar-refractivity contribution in [2.75, 3.05) is 32.3 Å². The van der Waals surface area contributed by atoms with E-state index in [1.165, 1.54) is 0 Å². The van der Waals surface area contributed by atoms with Gasteiger partial charge in [-0.3, -0.25) is 10.4 Å². The molecule has 0 aliphatic rings. The minimum Gasteiger partial charge on any atom is -0.383 e. The first-order valence-corrected chi connectivity index (χ1v) is 6.78. The monoisotopic (exact) mass is 248 g/mol. The van der Waals surface area contributed by atoms with E-state index in [1.807, 2.05) is 18.7 Å². The summed E-state index contributed by atoms with van der Waals surface area (Å²) in [7, 11) is 1.67. The number of thioether (sulfide) groups is 1. The Labute approximate surface area is 103 Å². The average molecular weight is 248 g/mol. The van der Waals surface area contributed by atoms with Gasteiger partial charge < -0.3 is 10.1 Å². The lowest BCUT2D eigenvalue weighted by Gasteiger charge is -2.16. The third-order valence-electron chi connectivity index (χ3n) is 1.95. The molecule has 0 aromatic heterocycles. The predicted octanol–water partition coefficient (Wildman–Crippen LogP) is 0.429. The Bertz CT molecular complexity index is 201. The SMILES string of the molecule is COCC(C)NC(=NCC(C)CSC)NN. The zero-order chi connectivity index (χ0) is 12.4. The van der Waals surface area contributed by atoms with Crippen LogP contribution in [0.3, 0.4) is 0 Å². The molecule has 0 bridgehead atoms. The Morgan fingerprint density at radius 1 is 1.50 bits per heavy atom. The number of hydrazine groups is 1. The number of rotatable bonds is 7. The molecule has 0 saturated heterocycles. The molecule has 16 heavy (non-hydrogen) atoms. The van der Waals surface area contributed by atoms with E-state index in [0.717, 1.165) is 12.3 Å². The van der Waals surface area contributed by atoms with Crippen LogP contribution in [0, 0.1) is 5.92 Å². The van der Waals surface area contributed by atoms with Gasteiger partial charge in [0, 0.05) is 19.7 Å². The van der Waals surface area contributed by atoms with E-state index < -0.39 is 0 Å². The third-order valence-corrected chi connectivity index (χ3v) is 2.85. The van der Waals surface area contributed by atoms with Crippen LogP contribution in [0.5, 0.6) is 0 Å². The van der Waals surface area contributed by atoms with Crippen LogP contribution in [0.2, 0.25) is 0 Å². The molecule has 0 amide bonds. The fourth-order valence-electron chi connectivity index (χ4n) is 1.24. The number of nitrogens with one attached hydrogen (secondary N) is 2. The quantitative estimate of drug-likeness (QED) is 0.264. The molecule has 0 spiro atoms. The maximum atomic E-state index is 5.39. The molecule has 0 aromatic rings. The first kappa shape index (κ1) is 15.5. The Balaban J connectivity index is 4.00. The second-order valence-corrected chi connectivity index (χ2v) is 4.81. The normalized spacial score (nSPS) is 15.7. The molecule has 4 N–H and O–H groups in total. The van der Waals surface area contributed by atoms with E-state index in [9.17, 15) is 0 Å². The third kappa shape index (κ3) is 7.78. The van der Waals surface area contributed by atoms with Crippen LogP contribution in [-0.4, -0.2) is 44.3 Å². The summed E-state index contributed by atoms with van der Waals surface area (Å²) in [4.78, 5) is 4.38. The van der Waals surface area contributed by atoms with Gasteiger partial charge in [0.05, 0.1) is 6.61 Å². The fourth-order valence-corrected chi connectivity index (χ4v) is 1.92. The summed E-state index contributed by atoms with van der Waals surface area (Å²) < 4.78 is 5.02. The van der Waals surface area contributed by atoms with Crippen molar-refractivity contribution in [1.29, 1.82) is 0 Å². The lowest BCUT2D eigenvalue weighted by molar-refractivity contribution is 0.179. The van der Waals surface area contributed by atoms with E-state index in [4.69, 9.17) is 10.6 Å². The van der Waals surface area contributed by atoms with E-state index >= 15 is 0 Å². The van der Waals surface area contributed by atoms with Crippen LogP contribution in [0.25, 0.3) is 0 Å². The summed E-state index contributed by atoms with van der Waals surface area (Å²) in [6.07, 6.45) is 2.10. The van der Waals surface area contributed by atoms with Gasteiger partial charge in [-0.25, -0.2) is 5.84 Å². The number of nitrogens with zero attached hydrogens (tertiary/aromatic N) is 1. The van der Waals surface area contributed by atoms with Crippen molar-refractivity contribution < 1.29 is 4.74 Å². The van der Waals surface area contributed by atoms with Crippen molar-refractivity contribution in [2.24, 2.45) is 16.8 Å². The molecule has 6 heteroatoms. The first-order chi connectivity index (χ1) is 7.63. The number of nitrogens with two attached hydrogens (primary N) is 1. The van der Waals surface area contributed by atoms with Crippen molar-refractivity contribution in [2.45, 2.75) is 19.9 Å². The highest BCUT2D eigenvalue weighted by Crippen LogP contribution is 2.04. The Morgan fingerprint density at radius 2 is 2.19 bits per heavy atom. The van der Waals surface area contributed by atoms with Crippen molar-refractivity contribution in [3.63, 3.8) is 0 Å². The maximum absolute atomic E-state index is 5.39. The minimum absolute atomic E-state index is 0.190. The average Bonchev–Trinajstić information content (AvgIpc) is 2.25. The number of aliphatic imine (C=N–C) groups is 1.